The summed E-state index contributed by atoms with van der Waals surface area (Å²) in [6.07, 6.45) is 7.12. The highest BCUT2D eigenvalue weighted by Gasteiger charge is 2.19. The molecule has 0 aromatic heterocycles. The Labute approximate surface area is 150 Å². The smallest absolute Gasteiger partial charge is 0.220 e. The zero-order valence-corrected chi connectivity index (χ0v) is 15.6. The number of carbonyl (C=O) groups excluding carboxylic acids is 1. The van der Waals surface area contributed by atoms with E-state index in [1.807, 2.05) is 0 Å². The van der Waals surface area contributed by atoms with Crippen molar-refractivity contribution in [2.75, 3.05) is 12.9 Å². The molecule has 2 rings (SSSR count). The van der Waals surface area contributed by atoms with Crippen molar-refractivity contribution in [3.63, 3.8) is 0 Å². The van der Waals surface area contributed by atoms with Gasteiger partial charge in [0.1, 0.15) is 5.75 Å². The lowest BCUT2D eigenvalue weighted by atomic mass is 9.92. The van der Waals surface area contributed by atoms with Gasteiger partial charge in [-0.2, -0.15) is 0 Å². The molecule has 3 N–H and O–H groups in total. The number of hydrogen-bond acceptors (Lipinski definition) is 5. The number of carbonyl (C=O) groups is 1. The van der Waals surface area contributed by atoms with Crippen LogP contribution in [0.3, 0.4) is 0 Å². The maximum Gasteiger partial charge on any atom is 0.220 e. The molecule has 0 bridgehead atoms. The number of ether oxygens (including phenoxy) is 1. The quantitative estimate of drug-likeness (QED) is 0.684. The number of hydrogen-bond donors (Lipinski definition) is 2. The van der Waals surface area contributed by atoms with Crippen molar-refractivity contribution in [1.29, 1.82) is 0 Å². The first kappa shape index (κ1) is 19.7. The third-order valence-corrected chi connectivity index (χ3v) is 5.58. The molecule has 25 heavy (non-hydrogen) atoms. The lowest BCUT2D eigenvalue weighted by Crippen LogP contribution is -2.40. The Balaban J connectivity index is 1.59. The predicted octanol–water partition coefficient (Wildman–Crippen LogP) is 2.03. The summed E-state index contributed by atoms with van der Waals surface area (Å²) in [4.78, 5) is 12.2. The van der Waals surface area contributed by atoms with E-state index in [-0.39, 0.29) is 22.9 Å². The molecule has 1 saturated carbocycles. The maximum atomic E-state index is 11.9. The molecule has 7 heteroatoms. The van der Waals surface area contributed by atoms with Crippen LogP contribution < -0.4 is 15.8 Å². The number of amides is 1. The van der Waals surface area contributed by atoms with Crippen LogP contribution in [0.2, 0.25) is 0 Å². The van der Waals surface area contributed by atoms with E-state index in [1.54, 1.807) is 12.1 Å². The lowest BCUT2D eigenvalue weighted by Gasteiger charge is -2.26. The first-order valence-corrected chi connectivity index (χ1v) is 10.7. The minimum absolute atomic E-state index is 0.0953. The Morgan fingerprint density at radius 3 is 2.40 bits per heavy atom. The molecule has 0 atom stereocenters. The predicted molar refractivity (Wildman–Crippen MR) is 97.3 cm³/mol. The number of benzene rings is 1. The molecule has 1 fully saturated rings. The summed E-state index contributed by atoms with van der Waals surface area (Å²) < 4.78 is 28.3. The van der Waals surface area contributed by atoms with Gasteiger partial charge in [0.15, 0.2) is 9.84 Å². The van der Waals surface area contributed by atoms with Gasteiger partial charge >= 0.3 is 0 Å². The molecule has 1 aliphatic rings. The fourth-order valence-electron chi connectivity index (χ4n) is 2.92. The van der Waals surface area contributed by atoms with Gasteiger partial charge in [0.2, 0.25) is 5.91 Å². The van der Waals surface area contributed by atoms with Crippen molar-refractivity contribution in [3.05, 3.63) is 24.3 Å². The SMILES string of the molecule is CS(=O)(=O)c1ccc(OCCCCC(=O)NC2CCC(N)CC2)cc1. The maximum absolute atomic E-state index is 11.9. The minimum Gasteiger partial charge on any atom is -0.494 e. The van der Waals surface area contributed by atoms with E-state index in [0.29, 0.717) is 18.8 Å². The van der Waals surface area contributed by atoms with Crippen LogP contribution in [-0.4, -0.2) is 39.3 Å². The Kier molecular flexibility index (Phi) is 7.25. The number of nitrogens with two attached hydrogens (primary N) is 1. The summed E-state index contributed by atoms with van der Waals surface area (Å²) >= 11 is 0. The number of sulfone groups is 1. The summed E-state index contributed by atoms with van der Waals surface area (Å²) in [5.74, 6) is 0.730. The molecule has 1 aromatic carbocycles. The Morgan fingerprint density at radius 1 is 1.16 bits per heavy atom. The molecule has 1 amide bonds. The van der Waals surface area contributed by atoms with Crippen molar-refractivity contribution < 1.29 is 17.9 Å². The van der Waals surface area contributed by atoms with E-state index >= 15 is 0 Å². The summed E-state index contributed by atoms with van der Waals surface area (Å²) in [7, 11) is -3.18. The van der Waals surface area contributed by atoms with Gasteiger partial charge in [0.25, 0.3) is 0 Å². The van der Waals surface area contributed by atoms with Gasteiger partial charge < -0.3 is 15.8 Å². The second-order valence-corrected chi connectivity index (χ2v) is 8.74. The van der Waals surface area contributed by atoms with Crippen molar-refractivity contribution >= 4 is 15.7 Å². The van der Waals surface area contributed by atoms with Crippen molar-refractivity contribution in [1.82, 2.24) is 5.32 Å². The van der Waals surface area contributed by atoms with Gasteiger partial charge in [-0.3, -0.25) is 4.79 Å². The summed E-state index contributed by atoms with van der Waals surface area (Å²) in [6.45, 7) is 0.504. The largest absolute Gasteiger partial charge is 0.494 e. The molecule has 0 spiro atoms. The molecule has 0 heterocycles. The van der Waals surface area contributed by atoms with Crippen LogP contribution in [0, 0.1) is 0 Å². The third kappa shape index (κ3) is 7.04. The fraction of sp³-hybridized carbons (Fsp3) is 0.611. The normalized spacial score (nSPS) is 20.9. The highest BCUT2D eigenvalue weighted by atomic mass is 32.2. The topological polar surface area (TPSA) is 98.5 Å². The fourth-order valence-corrected chi connectivity index (χ4v) is 3.55. The average Bonchev–Trinajstić information content (AvgIpc) is 2.56. The van der Waals surface area contributed by atoms with Crippen LogP contribution in [0.4, 0.5) is 0 Å². The van der Waals surface area contributed by atoms with Gasteiger partial charge in [-0.1, -0.05) is 0 Å². The van der Waals surface area contributed by atoms with Crippen LogP contribution in [0.25, 0.3) is 0 Å². The molecular formula is C18H28N2O4S. The van der Waals surface area contributed by atoms with E-state index in [2.05, 4.69) is 5.32 Å². The Hall–Kier alpha value is -1.60. The molecule has 0 saturated heterocycles. The minimum atomic E-state index is -3.18. The van der Waals surface area contributed by atoms with Crippen molar-refractivity contribution in [2.45, 2.75) is 61.9 Å². The van der Waals surface area contributed by atoms with E-state index in [0.717, 1.165) is 38.5 Å². The van der Waals surface area contributed by atoms with Crippen LogP contribution in [0.1, 0.15) is 44.9 Å². The van der Waals surface area contributed by atoms with Crippen LogP contribution >= 0.6 is 0 Å². The second-order valence-electron chi connectivity index (χ2n) is 6.73. The highest BCUT2D eigenvalue weighted by Crippen LogP contribution is 2.18. The molecule has 140 valence electrons. The van der Waals surface area contributed by atoms with Crippen molar-refractivity contribution in [2.24, 2.45) is 5.73 Å². The van der Waals surface area contributed by atoms with E-state index in [4.69, 9.17) is 10.5 Å². The van der Waals surface area contributed by atoms with E-state index in [1.165, 1.54) is 18.4 Å². The van der Waals surface area contributed by atoms with Gasteiger partial charge in [-0.05, 0) is 62.8 Å². The van der Waals surface area contributed by atoms with E-state index in [9.17, 15) is 13.2 Å². The van der Waals surface area contributed by atoms with Gasteiger partial charge in [-0.25, -0.2) is 8.42 Å². The first-order valence-electron chi connectivity index (χ1n) is 8.82. The van der Waals surface area contributed by atoms with Gasteiger partial charge in [0.05, 0.1) is 11.5 Å². The first-order chi connectivity index (χ1) is 11.8. The summed E-state index contributed by atoms with van der Waals surface area (Å²) in [5, 5.41) is 3.08. The molecule has 0 aliphatic heterocycles. The monoisotopic (exact) mass is 368 g/mol. The van der Waals surface area contributed by atoms with E-state index < -0.39 is 9.84 Å². The number of nitrogens with one attached hydrogen (secondary N) is 1. The molecular weight excluding hydrogens is 340 g/mol. The van der Waals surface area contributed by atoms with Crippen molar-refractivity contribution in [3.8, 4) is 5.75 Å². The summed E-state index contributed by atoms with van der Waals surface area (Å²) in [5.41, 5.74) is 5.86. The Bertz CT molecular complexity index is 650. The van der Waals surface area contributed by atoms with Crippen LogP contribution in [0.15, 0.2) is 29.2 Å². The molecule has 0 radical (unpaired) electrons. The van der Waals surface area contributed by atoms with Gasteiger partial charge in [0, 0.05) is 24.8 Å². The summed E-state index contributed by atoms with van der Waals surface area (Å²) in [6, 6.07) is 6.93. The molecule has 1 aromatic rings. The standard InChI is InChI=1S/C18H28N2O4S/c1-25(22,23)17-11-9-16(10-12-17)24-13-3-2-4-18(21)20-15-7-5-14(19)6-8-15/h9-12,14-15H,2-8,13,19H2,1H3,(H,20,21). The van der Waals surface area contributed by atoms with Gasteiger partial charge in [-0.15, -0.1) is 0 Å². The molecule has 0 unspecified atom stereocenters. The Morgan fingerprint density at radius 2 is 1.80 bits per heavy atom. The second kappa shape index (κ2) is 9.20. The highest BCUT2D eigenvalue weighted by molar-refractivity contribution is 7.90. The molecule has 1 aliphatic carbocycles. The third-order valence-electron chi connectivity index (χ3n) is 4.46. The van der Waals surface area contributed by atoms with Crippen LogP contribution in [-0.2, 0) is 14.6 Å². The van der Waals surface area contributed by atoms with Crippen LogP contribution in [0.5, 0.6) is 5.75 Å². The zero-order valence-electron chi connectivity index (χ0n) is 14.7. The average molecular weight is 368 g/mol. The lowest BCUT2D eigenvalue weighted by molar-refractivity contribution is -0.122. The number of rotatable bonds is 8. The number of unbranched alkanes of at least 4 members (excludes halogenated alkanes) is 1. The zero-order chi connectivity index (χ0) is 18.3. The molecule has 6 nitrogen and oxygen atoms in total.